The van der Waals surface area contributed by atoms with Crippen LogP contribution >= 0.6 is 11.6 Å². The van der Waals surface area contributed by atoms with Crippen molar-refractivity contribution in [3.63, 3.8) is 0 Å². The highest BCUT2D eigenvalue weighted by Crippen LogP contribution is 2.67. The van der Waals surface area contributed by atoms with Crippen molar-refractivity contribution in [3.8, 4) is 0 Å². The summed E-state index contributed by atoms with van der Waals surface area (Å²) < 4.78 is 16.7. The number of nitrogen functional groups attached to an aromatic ring is 2. The van der Waals surface area contributed by atoms with E-state index in [1.54, 1.807) is 12.1 Å². The van der Waals surface area contributed by atoms with Crippen molar-refractivity contribution in [1.82, 2.24) is 19.5 Å². The molecule has 33 heavy (non-hydrogen) atoms. The average Bonchev–Trinajstić information content (AvgIpc) is 3.34. The quantitative estimate of drug-likeness (QED) is 0.361. The molecule has 3 saturated carbocycles. The minimum absolute atomic E-state index is 0.196. The molecule has 3 aliphatic carbocycles. The molecular formula is C23H22ClFN6O2. The smallest absolute Gasteiger partial charge is 0.146 e. The molecule has 3 aromatic heterocycles. The van der Waals surface area contributed by atoms with Crippen molar-refractivity contribution >= 4 is 45.2 Å². The molecule has 0 saturated heterocycles. The van der Waals surface area contributed by atoms with Gasteiger partial charge in [-0.3, -0.25) is 0 Å². The van der Waals surface area contributed by atoms with E-state index in [0.29, 0.717) is 59.0 Å². The van der Waals surface area contributed by atoms with Gasteiger partial charge < -0.3 is 26.2 Å². The predicted molar refractivity (Wildman–Crippen MR) is 123 cm³/mol. The number of nitrogens with two attached hydrogens (primary N) is 2. The number of aromatic nitrogens is 4. The molecule has 1 aromatic carbocycles. The van der Waals surface area contributed by atoms with Crippen LogP contribution in [0.3, 0.4) is 0 Å². The van der Waals surface area contributed by atoms with E-state index in [9.17, 15) is 14.6 Å². The first-order valence-corrected chi connectivity index (χ1v) is 11.1. The molecule has 170 valence electrons. The maximum absolute atomic E-state index is 14.8. The summed E-state index contributed by atoms with van der Waals surface area (Å²) in [6.07, 6.45) is 3.38. The fourth-order valence-corrected chi connectivity index (χ4v) is 6.14. The Hall–Kier alpha value is -3.01. The predicted octanol–water partition coefficient (Wildman–Crippen LogP) is 2.78. The maximum Gasteiger partial charge on any atom is 0.146 e. The topological polar surface area (TPSA) is 136 Å². The van der Waals surface area contributed by atoms with Gasteiger partial charge in [0.1, 0.15) is 35.5 Å². The van der Waals surface area contributed by atoms with Crippen molar-refractivity contribution < 1.29 is 14.6 Å². The molecule has 6 N–H and O–H groups in total. The summed E-state index contributed by atoms with van der Waals surface area (Å²) in [6, 6.07) is 6.50. The SMILES string of the molecule is Nc1nc2cc(CCC34CC(n5ccc6c(N)ncnc65)(C3)[C@H](O)[C@@H]4O)c(F)cc2cc1Cl. The zero-order valence-corrected chi connectivity index (χ0v) is 18.3. The summed E-state index contributed by atoms with van der Waals surface area (Å²) in [6.45, 7) is 0. The molecule has 10 heteroatoms. The van der Waals surface area contributed by atoms with Gasteiger partial charge in [-0.2, -0.15) is 0 Å². The first-order valence-electron chi connectivity index (χ1n) is 10.7. The van der Waals surface area contributed by atoms with Crippen molar-refractivity contribution in [3.05, 3.63) is 53.2 Å². The summed E-state index contributed by atoms with van der Waals surface area (Å²) in [5.74, 6) is 0.210. The molecule has 3 aliphatic rings. The molecule has 4 aromatic rings. The van der Waals surface area contributed by atoms with Crippen molar-refractivity contribution in [2.75, 3.05) is 11.5 Å². The van der Waals surface area contributed by atoms with Gasteiger partial charge in [0.25, 0.3) is 0 Å². The third-order valence-corrected chi connectivity index (χ3v) is 7.94. The van der Waals surface area contributed by atoms with E-state index in [0.717, 1.165) is 0 Å². The van der Waals surface area contributed by atoms with Crippen LogP contribution < -0.4 is 11.5 Å². The third-order valence-electron chi connectivity index (χ3n) is 7.64. The number of pyridine rings is 1. The van der Waals surface area contributed by atoms with Crippen LogP contribution in [0.15, 0.2) is 36.8 Å². The van der Waals surface area contributed by atoms with Gasteiger partial charge in [0.2, 0.25) is 0 Å². The molecule has 3 fully saturated rings. The second-order valence-corrected chi connectivity index (χ2v) is 9.79. The van der Waals surface area contributed by atoms with Gasteiger partial charge in [0.05, 0.1) is 27.6 Å². The van der Waals surface area contributed by atoms with E-state index in [2.05, 4.69) is 15.0 Å². The summed E-state index contributed by atoms with van der Waals surface area (Å²) in [4.78, 5) is 12.6. The molecule has 3 heterocycles. The van der Waals surface area contributed by atoms with Crippen LogP contribution in [-0.2, 0) is 12.0 Å². The Morgan fingerprint density at radius 2 is 1.91 bits per heavy atom. The van der Waals surface area contributed by atoms with Crippen LogP contribution in [0.5, 0.6) is 0 Å². The van der Waals surface area contributed by atoms with Crippen LogP contribution in [-0.4, -0.2) is 41.9 Å². The van der Waals surface area contributed by atoms with E-state index in [1.807, 2.05) is 16.8 Å². The second kappa shape index (κ2) is 6.75. The van der Waals surface area contributed by atoms with E-state index in [1.165, 1.54) is 12.4 Å². The number of fused-ring (bicyclic) bond motifs is 3. The molecule has 0 radical (unpaired) electrons. The molecule has 7 rings (SSSR count). The fraction of sp³-hybridized carbons (Fsp3) is 0.348. The Morgan fingerprint density at radius 1 is 1.12 bits per heavy atom. The monoisotopic (exact) mass is 468 g/mol. The molecular weight excluding hydrogens is 447 g/mol. The molecule has 0 spiro atoms. The van der Waals surface area contributed by atoms with Crippen LogP contribution in [0.4, 0.5) is 16.0 Å². The highest BCUT2D eigenvalue weighted by Gasteiger charge is 2.72. The number of hydrogen-bond acceptors (Lipinski definition) is 7. The Bertz CT molecular complexity index is 1430. The first-order chi connectivity index (χ1) is 15.7. The highest BCUT2D eigenvalue weighted by atomic mass is 35.5. The maximum atomic E-state index is 14.8. The summed E-state index contributed by atoms with van der Waals surface area (Å²) in [7, 11) is 0. The summed E-state index contributed by atoms with van der Waals surface area (Å²) in [5.41, 5.74) is 12.3. The van der Waals surface area contributed by atoms with Gasteiger partial charge in [-0.1, -0.05) is 11.6 Å². The van der Waals surface area contributed by atoms with E-state index in [-0.39, 0.29) is 16.7 Å². The number of benzene rings is 1. The lowest BCUT2D eigenvalue weighted by atomic mass is 9.62. The molecule has 0 aliphatic heterocycles. The lowest BCUT2D eigenvalue weighted by Crippen LogP contribution is -2.49. The Morgan fingerprint density at radius 3 is 2.70 bits per heavy atom. The lowest BCUT2D eigenvalue weighted by molar-refractivity contribution is -0.00855. The van der Waals surface area contributed by atoms with Gasteiger partial charge in [-0.05, 0) is 55.5 Å². The van der Waals surface area contributed by atoms with Crippen LogP contribution in [0.25, 0.3) is 21.9 Å². The first kappa shape index (κ1) is 20.6. The zero-order valence-electron chi connectivity index (χ0n) is 17.5. The van der Waals surface area contributed by atoms with Gasteiger partial charge in [0.15, 0.2) is 0 Å². The van der Waals surface area contributed by atoms with E-state index >= 15 is 0 Å². The standard InChI is InChI=1S/C23H22ClFN6O2/c24-14-5-12-6-15(25)11(7-16(12)30-20(14)27)1-3-22-8-23(9-22,18(33)17(22)32)31-4-2-13-19(26)28-10-29-21(13)31/h2,4-7,10,17-18,32-33H,1,3,8-9H2,(H2,27,30)(H2,26,28,29)/t17-,18+,22?,23?/m0/s1. The third kappa shape index (κ3) is 2.73. The number of aryl methyl sites for hydroxylation is 1. The number of hydrogen-bond donors (Lipinski definition) is 4. The Balaban J connectivity index is 1.29. The summed E-state index contributed by atoms with van der Waals surface area (Å²) in [5, 5.41) is 23.6. The van der Waals surface area contributed by atoms with Gasteiger partial charge >= 0.3 is 0 Å². The number of rotatable bonds is 4. The number of halogens is 2. The highest BCUT2D eigenvalue weighted by molar-refractivity contribution is 6.33. The number of anilines is 2. The van der Waals surface area contributed by atoms with Gasteiger partial charge in [-0.25, -0.2) is 19.3 Å². The van der Waals surface area contributed by atoms with Crippen LogP contribution in [0, 0.1) is 11.2 Å². The molecule has 0 amide bonds. The minimum Gasteiger partial charge on any atom is -0.390 e. The largest absolute Gasteiger partial charge is 0.390 e. The summed E-state index contributed by atoms with van der Waals surface area (Å²) >= 11 is 6.00. The second-order valence-electron chi connectivity index (χ2n) is 9.38. The minimum atomic E-state index is -0.964. The van der Waals surface area contributed by atoms with E-state index < -0.39 is 23.2 Å². The number of aliphatic hydroxyl groups excluding tert-OH is 2. The molecule has 8 nitrogen and oxygen atoms in total. The van der Waals surface area contributed by atoms with Gasteiger partial charge in [0, 0.05) is 17.0 Å². The van der Waals surface area contributed by atoms with Gasteiger partial charge in [-0.15, -0.1) is 0 Å². The lowest BCUT2D eigenvalue weighted by Gasteiger charge is -2.49. The average molecular weight is 469 g/mol. The fourth-order valence-electron chi connectivity index (χ4n) is 5.98. The van der Waals surface area contributed by atoms with Crippen LogP contribution in [0.2, 0.25) is 5.02 Å². The normalized spacial score (nSPS) is 28.5. The molecule has 0 unspecified atom stereocenters. The Labute approximate surface area is 193 Å². The van der Waals surface area contributed by atoms with Crippen molar-refractivity contribution in [2.24, 2.45) is 5.41 Å². The van der Waals surface area contributed by atoms with Crippen molar-refractivity contribution in [2.45, 2.75) is 43.4 Å². The molecule has 2 bridgehead atoms. The Kier molecular flexibility index (Phi) is 4.21. The zero-order chi connectivity index (χ0) is 23.1. The molecule has 2 atom stereocenters. The van der Waals surface area contributed by atoms with Crippen LogP contribution in [0.1, 0.15) is 24.8 Å². The number of nitrogens with zero attached hydrogens (tertiary/aromatic N) is 4. The number of aliphatic hydroxyl groups is 2. The van der Waals surface area contributed by atoms with E-state index in [4.69, 9.17) is 23.1 Å². The van der Waals surface area contributed by atoms with Crippen molar-refractivity contribution in [1.29, 1.82) is 0 Å².